The number of nitrogens with zero attached hydrogens (tertiary/aromatic N) is 5. The van der Waals surface area contributed by atoms with Crippen LogP contribution in [0, 0.1) is 19.8 Å². The third-order valence-corrected chi connectivity index (χ3v) is 15.2. The fourth-order valence-corrected chi connectivity index (χ4v) is 10.5. The monoisotopic (exact) mass is 1210 g/mol. The van der Waals surface area contributed by atoms with Crippen molar-refractivity contribution in [3.8, 4) is 22.8 Å². The summed E-state index contributed by atoms with van der Waals surface area (Å²) < 4.78 is 82.3. The van der Waals surface area contributed by atoms with Crippen LogP contribution in [0.1, 0.15) is 148 Å². The first-order chi connectivity index (χ1) is 40.6. The largest absolute Gasteiger partial charge is 0.486 e. The second kappa shape index (κ2) is 30.0. The number of aromatic nitrogens is 4. The van der Waals surface area contributed by atoms with Crippen LogP contribution in [0.5, 0.6) is 11.5 Å². The van der Waals surface area contributed by atoms with Crippen molar-refractivity contribution in [3.05, 3.63) is 166 Å². The van der Waals surface area contributed by atoms with Crippen molar-refractivity contribution >= 4 is 29.3 Å². The first-order valence-electron chi connectivity index (χ1n) is 29.2. The molecule has 0 unspecified atom stereocenters. The standard InChI is InChI=1S/C23H24F2N4O2.C22H32ClFN2O2.C21H24F2N2O2/c1-15(20-9-8-19(13-28-20)31-14-23(3,24)25)29-21(30)12-17-4-6-18(7-5-17)22-16(2)26-10-11-27-22;1-16-10-18(12-19(23)11-16)20(27)25-15-22(24)5-7-26(8-6-22)14-17-4-9-28-21(2,3)13-17;1-14(19-10-9-18(12-24-19)27-13-21(2,22)23)25-20(26)11-15-3-5-16(6-4-15)17-7-8-17/h4-11,13,15H,12,14H2,1-3H3,(H,29,30);10-12,17H,4-9,13-15H2,1-3H3,(H,25,27);3-6,9-10,12,14,17H,7-8,11,13H2,1-2H3,(H,25,26)/t15-;17-;14-/m101/s1. The number of nitrogens with one attached hydrogen (secondary N) is 3. The first-order valence-corrected chi connectivity index (χ1v) is 29.6. The highest BCUT2D eigenvalue weighted by Gasteiger charge is 2.37. The quantitative estimate of drug-likeness (QED) is 0.0586. The molecule has 2 aliphatic heterocycles. The van der Waals surface area contributed by atoms with Crippen LogP contribution in [0.15, 0.2) is 116 Å². The second-order valence-corrected chi connectivity index (χ2v) is 24.2. The second-order valence-electron chi connectivity index (χ2n) is 23.8. The summed E-state index contributed by atoms with van der Waals surface area (Å²) >= 11 is 6.02. The summed E-state index contributed by atoms with van der Waals surface area (Å²) in [6, 6.07) is 26.8. The van der Waals surface area contributed by atoms with E-state index in [0.717, 1.165) is 86.6 Å². The molecule has 9 rings (SSSR count). The zero-order valence-electron chi connectivity index (χ0n) is 50.3. The molecule has 1 saturated carbocycles. The van der Waals surface area contributed by atoms with Gasteiger partial charge in [0.15, 0.2) is 13.2 Å². The molecule has 3 fully saturated rings. The number of likely N-dealkylation sites (tertiary alicyclic amines) is 1. The summed E-state index contributed by atoms with van der Waals surface area (Å²) in [5.41, 5.74) is 7.04. The molecule has 3 N–H and O–H groups in total. The first kappa shape index (κ1) is 66.4. The molecule has 3 amide bonds. The number of ether oxygens (including phenoxy) is 3. The van der Waals surface area contributed by atoms with Crippen molar-refractivity contribution in [2.45, 2.75) is 148 Å². The summed E-state index contributed by atoms with van der Waals surface area (Å²) in [4.78, 5) is 56.4. The molecule has 0 radical (unpaired) electrons. The molecule has 462 valence electrons. The minimum atomic E-state index is -2.91. The Morgan fingerprint density at radius 1 is 0.733 bits per heavy atom. The van der Waals surface area contributed by atoms with Gasteiger partial charge in [0.25, 0.3) is 17.8 Å². The highest BCUT2D eigenvalue weighted by molar-refractivity contribution is 6.31. The average molecular weight is 1210 g/mol. The minimum Gasteiger partial charge on any atom is -0.486 e. The van der Waals surface area contributed by atoms with Crippen LogP contribution in [-0.4, -0.2) is 112 Å². The number of carbonyl (C=O) groups is 3. The van der Waals surface area contributed by atoms with Gasteiger partial charge in [0.1, 0.15) is 17.2 Å². The maximum atomic E-state index is 15.2. The van der Waals surface area contributed by atoms with E-state index in [9.17, 15) is 31.9 Å². The molecule has 86 heavy (non-hydrogen) atoms. The summed E-state index contributed by atoms with van der Waals surface area (Å²) in [6.07, 6.45) is 12.1. The van der Waals surface area contributed by atoms with Gasteiger partial charge in [0.2, 0.25) is 11.8 Å². The Kier molecular flexibility index (Phi) is 23.2. The van der Waals surface area contributed by atoms with Gasteiger partial charge in [-0.25, -0.2) is 22.0 Å². The van der Waals surface area contributed by atoms with Crippen molar-refractivity contribution in [2.75, 3.05) is 46.0 Å². The van der Waals surface area contributed by atoms with Gasteiger partial charge in [-0.2, -0.15) is 0 Å². The van der Waals surface area contributed by atoms with Crippen LogP contribution in [0.2, 0.25) is 5.02 Å². The molecule has 6 aromatic rings. The number of pyridine rings is 2. The number of rotatable bonds is 21. The molecular weight excluding hydrogens is 1130 g/mol. The van der Waals surface area contributed by atoms with Crippen molar-refractivity contribution < 1.29 is 50.5 Å². The van der Waals surface area contributed by atoms with Crippen LogP contribution in [0.25, 0.3) is 11.3 Å². The molecule has 3 aromatic carbocycles. The number of hydrogen-bond acceptors (Lipinski definition) is 11. The Morgan fingerprint density at radius 2 is 1.27 bits per heavy atom. The Balaban J connectivity index is 0.000000185. The van der Waals surface area contributed by atoms with E-state index in [2.05, 4.69) is 66.8 Å². The normalized spacial score (nSPS) is 17.3. The summed E-state index contributed by atoms with van der Waals surface area (Å²) in [6.45, 7) is 15.2. The SMILES string of the molecule is C[C@@H](NC(=O)Cc1ccc(C2CC2)cc1)c1ccc(OCC(C)(F)F)cn1.Cc1cc(Cl)cc(C(=O)NCC2(F)CCN(C[C@H]3CCOC(C)(C)C3)CC2)c1.Cc1nccnc1-c1ccc(CC(=O)N[C@H](C)c2ccc(OCC(C)(F)F)cn2)cc1. The van der Waals surface area contributed by atoms with E-state index in [1.165, 1.54) is 30.8 Å². The molecule has 14 nitrogen and oxygen atoms in total. The predicted molar refractivity (Wildman–Crippen MR) is 323 cm³/mol. The fraction of sp³-hybridized carbons (Fsp3) is 0.470. The van der Waals surface area contributed by atoms with Crippen molar-refractivity contribution in [2.24, 2.45) is 5.92 Å². The number of aryl methyl sites for hydroxylation is 2. The van der Waals surface area contributed by atoms with E-state index in [1.54, 1.807) is 61.8 Å². The number of halogens is 6. The summed E-state index contributed by atoms with van der Waals surface area (Å²) in [5.74, 6) is -4.47. The topological polar surface area (TPSA) is 170 Å². The number of piperidine rings is 1. The van der Waals surface area contributed by atoms with Gasteiger partial charge in [-0.1, -0.05) is 60.1 Å². The zero-order chi connectivity index (χ0) is 62.2. The van der Waals surface area contributed by atoms with E-state index in [4.69, 9.17) is 25.8 Å². The molecule has 3 atom stereocenters. The number of alkyl halides is 5. The number of amides is 3. The lowest BCUT2D eigenvalue weighted by Crippen LogP contribution is -2.50. The van der Waals surface area contributed by atoms with Crippen LogP contribution in [0.4, 0.5) is 22.0 Å². The molecule has 3 aromatic heterocycles. The lowest BCUT2D eigenvalue weighted by atomic mass is 9.86. The molecule has 3 aliphatic rings. The van der Waals surface area contributed by atoms with Crippen molar-refractivity contribution in [1.29, 1.82) is 0 Å². The Hall–Kier alpha value is -7.09. The number of benzene rings is 3. The maximum absolute atomic E-state index is 15.2. The van der Waals surface area contributed by atoms with Crippen molar-refractivity contribution in [1.82, 2.24) is 40.8 Å². The molecule has 2 saturated heterocycles. The summed E-state index contributed by atoms with van der Waals surface area (Å²) in [7, 11) is 0. The number of hydrogen-bond donors (Lipinski definition) is 3. The minimum absolute atomic E-state index is 0.0501. The van der Waals surface area contributed by atoms with Gasteiger partial charge < -0.3 is 35.1 Å². The van der Waals surface area contributed by atoms with Gasteiger partial charge in [0.05, 0.1) is 72.2 Å². The molecule has 1 aliphatic carbocycles. The molecule has 0 spiro atoms. The van der Waals surface area contributed by atoms with Gasteiger partial charge in [-0.15, -0.1) is 0 Å². The Morgan fingerprint density at radius 3 is 1.74 bits per heavy atom. The van der Waals surface area contributed by atoms with E-state index in [1.807, 2.05) is 57.2 Å². The van der Waals surface area contributed by atoms with Gasteiger partial charge >= 0.3 is 0 Å². The lowest BCUT2D eigenvalue weighted by Gasteiger charge is -2.41. The lowest BCUT2D eigenvalue weighted by molar-refractivity contribution is -0.122. The van der Waals surface area contributed by atoms with E-state index < -0.39 is 30.7 Å². The number of carbonyl (C=O) groups excluding carboxylic acids is 3. The highest BCUT2D eigenvalue weighted by Crippen LogP contribution is 2.40. The third kappa shape index (κ3) is 22.3. The Bertz CT molecular complexity index is 3130. The third-order valence-electron chi connectivity index (χ3n) is 14.9. The molecule has 20 heteroatoms. The highest BCUT2D eigenvalue weighted by atomic mass is 35.5. The van der Waals surface area contributed by atoms with Crippen LogP contribution < -0.4 is 25.4 Å². The molecule has 5 heterocycles. The predicted octanol–water partition coefficient (Wildman–Crippen LogP) is 13.1. The van der Waals surface area contributed by atoms with E-state index in [-0.39, 0.29) is 59.9 Å². The maximum Gasteiger partial charge on any atom is 0.278 e. The van der Waals surface area contributed by atoms with Crippen molar-refractivity contribution in [3.63, 3.8) is 0 Å². The Labute approximate surface area is 506 Å². The summed E-state index contributed by atoms with van der Waals surface area (Å²) in [5, 5.41) is 9.08. The smallest absolute Gasteiger partial charge is 0.278 e. The van der Waals surface area contributed by atoms with Crippen LogP contribution in [-0.2, 0) is 27.2 Å². The van der Waals surface area contributed by atoms with Gasteiger partial charge in [-0.05, 0) is 157 Å². The van der Waals surface area contributed by atoms with E-state index in [0.29, 0.717) is 53.1 Å². The van der Waals surface area contributed by atoms with Gasteiger partial charge in [-0.3, -0.25) is 34.3 Å². The van der Waals surface area contributed by atoms with Crippen LogP contribution in [0.3, 0.4) is 0 Å². The zero-order valence-corrected chi connectivity index (χ0v) is 51.1. The van der Waals surface area contributed by atoms with Crippen LogP contribution >= 0.6 is 11.6 Å². The molecule has 0 bridgehead atoms. The average Bonchev–Trinajstić information content (AvgIpc) is 4.45. The van der Waals surface area contributed by atoms with E-state index >= 15 is 4.39 Å². The van der Waals surface area contributed by atoms with Gasteiger partial charge in [0, 0.05) is 68.6 Å². The molecular formula is C66H80ClF5N8O6. The fourth-order valence-electron chi connectivity index (χ4n) is 10.2.